The van der Waals surface area contributed by atoms with E-state index in [-0.39, 0.29) is 11.3 Å². The Morgan fingerprint density at radius 2 is 2.00 bits per heavy atom. The van der Waals surface area contributed by atoms with Crippen LogP contribution in [0.4, 0.5) is 0 Å². The van der Waals surface area contributed by atoms with E-state index in [1.54, 1.807) is 4.90 Å². The summed E-state index contributed by atoms with van der Waals surface area (Å²) < 4.78 is 1.03. The van der Waals surface area contributed by atoms with Gasteiger partial charge in [0.15, 0.2) is 0 Å². The number of nitrogens with zero attached hydrogens (tertiary/aromatic N) is 1. The molecule has 0 fully saturated rings. The molecular formula is C13H17BrClNO. The second-order valence-corrected chi connectivity index (χ2v) is 5.85. The van der Waals surface area contributed by atoms with Crippen LogP contribution in [0.1, 0.15) is 18.9 Å². The topological polar surface area (TPSA) is 20.3 Å². The average Bonchev–Trinajstić information content (AvgIpc) is 2.28. The molecule has 0 aliphatic carbocycles. The van der Waals surface area contributed by atoms with Crippen LogP contribution in [0.3, 0.4) is 0 Å². The predicted octanol–water partition coefficient (Wildman–Crippen LogP) is 3.47. The molecule has 0 saturated carbocycles. The number of halogens is 2. The van der Waals surface area contributed by atoms with E-state index >= 15 is 0 Å². The van der Waals surface area contributed by atoms with Gasteiger partial charge in [0.25, 0.3) is 0 Å². The largest absolute Gasteiger partial charge is 0.345 e. The Balaban J connectivity index is 2.45. The molecule has 1 atom stereocenters. The number of amides is 1. The standard InChI is InChI=1S/C13H17BrClNO/c1-10(15)7-8-16(2)13(17)9-11-3-5-12(14)6-4-11/h3-6,10H,7-9H2,1-2H3. The summed E-state index contributed by atoms with van der Waals surface area (Å²) in [6.45, 7) is 2.65. The van der Waals surface area contributed by atoms with E-state index in [0.717, 1.165) is 16.5 Å². The van der Waals surface area contributed by atoms with Gasteiger partial charge in [0.05, 0.1) is 6.42 Å². The quantitative estimate of drug-likeness (QED) is 0.761. The highest BCUT2D eigenvalue weighted by Gasteiger charge is 2.10. The van der Waals surface area contributed by atoms with Crippen molar-refractivity contribution in [1.29, 1.82) is 0 Å². The van der Waals surface area contributed by atoms with Gasteiger partial charge in [0.1, 0.15) is 0 Å². The van der Waals surface area contributed by atoms with Crippen molar-refractivity contribution in [2.75, 3.05) is 13.6 Å². The van der Waals surface area contributed by atoms with E-state index in [1.807, 2.05) is 38.2 Å². The van der Waals surface area contributed by atoms with E-state index < -0.39 is 0 Å². The van der Waals surface area contributed by atoms with Crippen LogP contribution in [0.5, 0.6) is 0 Å². The molecule has 1 rings (SSSR count). The number of rotatable bonds is 5. The zero-order valence-electron chi connectivity index (χ0n) is 10.1. The van der Waals surface area contributed by atoms with Crippen LogP contribution >= 0.6 is 27.5 Å². The third kappa shape index (κ3) is 5.55. The molecule has 0 heterocycles. The smallest absolute Gasteiger partial charge is 0.226 e. The Morgan fingerprint density at radius 3 is 2.53 bits per heavy atom. The van der Waals surface area contributed by atoms with E-state index in [4.69, 9.17) is 11.6 Å². The third-order valence-corrected chi connectivity index (χ3v) is 3.30. The maximum Gasteiger partial charge on any atom is 0.226 e. The summed E-state index contributed by atoms with van der Waals surface area (Å²) in [6, 6.07) is 7.81. The Bertz CT molecular complexity index is 364. The lowest BCUT2D eigenvalue weighted by Gasteiger charge is -2.17. The van der Waals surface area contributed by atoms with Gasteiger partial charge in [-0.15, -0.1) is 11.6 Å². The molecule has 0 N–H and O–H groups in total. The summed E-state index contributed by atoms with van der Waals surface area (Å²) in [5.74, 6) is 0.129. The van der Waals surface area contributed by atoms with Gasteiger partial charge in [0.2, 0.25) is 5.91 Å². The van der Waals surface area contributed by atoms with Gasteiger partial charge in [-0.2, -0.15) is 0 Å². The minimum absolute atomic E-state index is 0.109. The number of carbonyl (C=O) groups excluding carboxylic acids is 1. The molecule has 0 radical (unpaired) electrons. The highest BCUT2D eigenvalue weighted by Crippen LogP contribution is 2.11. The molecule has 17 heavy (non-hydrogen) atoms. The van der Waals surface area contributed by atoms with Gasteiger partial charge in [0, 0.05) is 23.4 Å². The van der Waals surface area contributed by atoms with Crippen LogP contribution in [0.15, 0.2) is 28.7 Å². The normalized spacial score (nSPS) is 12.2. The second kappa shape index (κ2) is 7.02. The van der Waals surface area contributed by atoms with Crippen molar-refractivity contribution in [3.8, 4) is 0 Å². The first-order valence-electron chi connectivity index (χ1n) is 5.61. The Morgan fingerprint density at radius 1 is 1.41 bits per heavy atom. The molecule has 0 aliphatic heterocycles. The number of carbonyl (C=O) groups is 1. The van der Waals surface area contributed by atoms with Crippen LogP contribution in [0, 0.1) is 0 Å². The first kappa shape index (κ1) is 14.5. The maximum atomic E-state index is 11.9. The highest BCUT2D eigenvalue weighted by atomic mass is 79.9. The van der Waals surface area contributed by atoms with Crippen molar-refractivity contribution >= 4 is 33.4 Å². The number of benzene rings is 1. The summed E-state index contributed by atoms with van der Waals surface area (Å²) in [5, 5.41) is 0.109. The van der Waals surface area contributed by atoms with E-state index in [9.17, 15) is 4.79 Å². The molecule has 2 nitrogen and oxygen atoms in total. The molecule has 0 spiro atoms. The zero-order chi connectivity index (χ0) is 12.8. The SMILES string of the molecule is CC(Cl)CCN(C)C(=O)Cc1ccc(Br)cc1. The van der Waals surface area contributed by atoms with Gasteiger partial charge >= 0.3 is 0 Å². The van der Waals surface area contributed by atoms with Crippen molar-refractivity contribution in [2.24, 2.45) is 0 Å². The molecule has 0 bridgehead atoms. The third-order valence-electron chi connectivity index (χ3n) is 2.56. The van der Waals surface area contributed by atoms with Crippen molar-refractivity contribution in [1.82, 2.24) is 4.90 Å². The predicted molar refractivity (Wildman–Crippen MR) is 75.4 cm³/mol. The molecule has 1 unspecified atom stereocenters. The molecule has 1 aromatic rings. The Hall–Kier alpha value is -0.540. The lowest BCUT2D eigenvalue weighted by molar-refractivity contribution is -0.129. The molecular weight excluding hydrogens is 302 g/mol. The Labute approximate surface area is 116 Å². The monoisotopic (exact) mass is 317 g/mol. The molecule has 1 aromatic carbocycles. The number of hydrogen-bond acceptors (Lipinski definition) is 1. The van der Waals surface area contributed by atoms with Crippen LogP contribution in [0.2, 0.25) is 0 Å². The van der Waals surface area contributed by atoms with Crippen molar-refractivity contribution < 1.29 is 4.79 Å². The number of alkyl halides is 1. The molecule has 1 amide bonds. The highest BCUT2D eigenvalue weighted by molar-refractivity contribution is 9.10. The zero-order valence-corrected chi connectivity index (χ0v) is 12.5. The summed E-state index contributed by atoms with van der Waals surface area (Å²) in [5.41, 5.74) is 1.03. The van der Waals surface area contributed by atoms with E-state index in [0.29, 0.717) is 13.0 Å². The van der Waals surface area contributed by atoms with Gasteiger partial charge in [-0.05, 0) is 31.0 Å². The van der Waals surface area contributed by atoms with E-state index in [2.05, 4.69) is 15.9 Å². The van der Waals surface area contributed by atoms with Gasteiger partial charge in [-0.25, -0.2) is 0 Å². The molecule has 0 aliphatic rings. The van der Waals surface area contributed by atoms with Crippen molar-refractivity contribution in [3.63, 3.8) is 0 Å². The molecule has 0 saturated heterocycles. The minimum Gasteiger partial charge on any atom is -0.345 e. The molecule has 0 aromatic heterocycles. The average molecular weight is 319 g/mol. The van der Waals surface area contributed by atoms with Crippen LogP contribution < -0.4 is 0 Å². The summed E-state index contributed by atoms with van der Waals surface area (Å²) >= 11 is 9.23. The first-order valence-corrected chi connectivity index (χ1v) is 6.84. The summed E-state index contributed by atoms with van der Waals surface area (Å²) in [4.78, 5) is 13.6. The van der Waals surface area contributed by atoms with Crippen molar-refractivity contribution in [2.45, 2.75) is 25.1 Å². The van der Waals surface area contributed by atoms with Crippen LogP contribution in [-0.2, 0) is 11.2 Å². The second-order valence-electron chi connectivity index (χ2n) is 4.19. The fraction of sp³-hybridized carbons (Fsp3) is 0.462. The maximum absolute atomic E-state index is 11.9. The Kier molecular flexibility index (Phi) is 6.00. The first-order chi connectivity index (χ1) is 7.99. The summed E-state index contributed by atoms with van der Waals surface area (Å²) in [6.07, 6.45) is 1.27. The minimum atomic E-state index is 0.109. The van der Waals surface area contributed by atoms with Gasteiger partial charge < -0.3 is 4.90 Å². The lowest BCUT2D eigenvalue weighted by atomic mass is 10.1. The lowest BCUT2D eigenvalue weighted by Crippen LogP contribution is -2.30. The van der Waals surface area contributed by atoms with Crippen LogP contribution in [-0.4, -0.2) is 29.8 Å². The van der Waals surface area contributed by atoms with Crippen LogP contribution in [0.25, 0.3) is 0 Å². The molecule has 94 valence electrons. The number of hydrogen-bond donors (Lipinski definition) is 0. The molecule has 4 heteroatoms. The van der Waals surface area contributed by atoms with Gasteiger partial charge in [-0.1, -0.05) is 28.1 Å². The summed E-state index contributed by atoms with van der Waals surface area (Å²) in [7, 11) is 1.82. The fourth-order valence-electron chi connectivity index (χ4n) is 1.41. The fourth-order valence-corrected chi connectivity index (χ4v) is 1.77. The van der Waals surface area contributed by atoms with E-state index in [1.165, 1.54) is 0 Å². The van der Waals surface area contributed by atoms with Crippen molar-refractivity contribution in [3.05, 3.63) is 34.3 Å². The van der Waals surface area contributed by atoms with Gasteiger partial charge in [-0.3, -0.25) is 4.79 Å². The number of likely N-dealkylation sites (N-methyl/N-ethyl adjacent to an activating group) is 1.